The van der Waals surface area contributed by atoms with Crippen LogP contribution in [-0.2, 0) is 0 Å². The topological polar surface area (TPSA) is 0 Å². The largest absolute Gasteiger partial charge is 0.0654 e. The van der Waals surface area contributed by atoms with Crippen molar-refractivity contribution in [1.82, 2.24) is 0 Å². The van der Waals surface area contributed by atoms with Crippen LogP contribution < -0.4 is 0 Å². The summed E-state index contributed by atoms with van der Waals surface area (Å²) in [4.78, 5) is 0. The SMILES string of the molecule is CC1CC1.CCCC1CCC1. The summed E-state index contributed by atoms with van der Waals surface area (Å²) in [5.74, 6) is 2.21. The average molecular weight is 154 g/mol. The van der Waals surface area contributed by atoms with E-state index in [-0.39, 0.29) is 0 Å². The highest BCUT2D eigenvalue weighted by atomic mass is 14.2. The molecular weight excluding hydrogens is 132 g/mol. The van der Waals surface area contributed by atoms with Gasteiger partial charge in [0.25, 0.3) is 0 Å². The fourth-order valence-electron chi connectivity index (χ4n) is 1.36. The maximum absolute atomic E-state index is 2.28. The molecule has 0 heteroatoms. The second-order valence-electron chi connectivity index (χ2n) is 4.27. The van der Waals surface area contributed by atoms with Crippen LogP contribution in [0, 0.1) is 11.8 Å². The van der Waals surface area contributed by atoms with Gasteiger partial charge in [-0.2, -0.15) is 0 Å². The van der Waals surface area contributed by atoms with E-state index in [2.05, 4.69) is 13.8 Å². The Kier molecular flexibility index (Phi) is 3.96. The van der Waals surface area contributed by atoms with Gasteiger partial charge in [-0.15, -0.1) is 0 Å². The highest BCUT2D eigenvalue weighted by molar-refractivity contribution is 4.67. The van der Waals surface area contributed by atoms with Gasteiger partial charge in [-0.05, 0) is 11.8 Å². The molecule has 0 bridgehead atoms. The zero-order valence-electron chi connectivity index (χ0n) is 8.10. The van der Waals surface area contributed by atoms with E-state index in [0.717, 1.165) is 11.8 Å². The summed E-state index contributed by atoms with van der Waals surface area (Å²) in [6.07, 6.45) is 10.4. The molecule has 0 spiro atoms. The van der Waals surface area contributed by atoms with E-state index in [1.807, 2.05) is 0 Å². The van der Waals surface area contributed by atoms with Crippen molar-refractivity contribution in [2.75, 3.05) is 0 Å². The van der Waals surface area contributed by atoms with Crippen LogP contribution in [0.2, 0.25) is 0 Å². The normalized spacial score (nSPS) is 23.5. The lowest BCUT2D eigenvalue weighted by Crippen LogP contribution is -2.09. The Hall–Kier alpha value is 0. The molecule has 2 fully saturated rings. The molecule has 0 atom stereocenters. The predicted molar refractivity (Wildman–Crippen MR) is 50.6 cm³/mol. The van der Waals surface area contributed by atoms with E-state index < -0.39 is 0 Å². The first kappa shape index (κ1) is 9.09. The van der Waals surface area contributed by atoms with Crippen molar-refractivity contribution in [2.24, 2.45) is 11.8 Å². The van der Waals surface area contributed by atoms with Crippen LogP contribution in [0.1, 0.15) is 58.8 Å². The summed E-state index contributed by atoms with van der Waals surface area (Å²) >= 11 is 0. The Morgan fingerprint density at radius 3 is 1.73 bits per heavy atom. The van der Waals surface area contributed by atoms with Crippen LogP contribution in [0.15, 0.2) is 0 Å². The molecule has 0 N–H and O–H groups in total. The van der Waals surface area contributed by atoms with Crippen LogP contribution in [0.4, 0.5) is 0 Å². The fourth-order valence-corrected chi connectivity index (χ4v) is 1.36. The van der Waals surface area contributed by atoms with E-state index in [1.54, 1.807) is 0 Å². The maximum Gasteiger partial charge on any atom is -0.0414 e. The quantitative estimate of drug-likeness (QED) is 0.564. The molecule has 0 amide bonds. The van der Waals surface area contributed by atoms with E-state index in [9.17, 15) is 0 Å². The van der Waals surface area contributed by atoms with Crippen molar-refractivity contribution in [3.05, 3.63) is 0 Å². The monoisotopic (exact) mass is 154 g/mol. The molecule has 0 aromatic heterocycles. The van der Waals surface area contributed by atoms with E-state index in [1.165, 1.54) is 44.9 Å². The van der Waals surface area contributed by atoms with Crippen molar-refractivity contribution in [2.45, 2.75) is 58.8 Å². The summed E-state index contributed by atoms with van der Waals surface area (Å²) in [7, 11) is 0. The molecular formula is C11H22. The third-order valence-electron chi connectivity index (χ3n) is 2.79. The molecule has 66 valence electrons. The summed E-state index contributed by atoms with van der Waals surface area (Å²) in [6, 6.07) is 0. The van der Waals surface area contributed by atoms with Crippen LogP contribution in [0.3, 0.4) is 0 Å². The van der Waals surface area contributed by atoms with Gasteiger partial charge in [0.1, 0.15) is 0 Å². The number of rotatable bonds is 2. The summed E-state index contributed by atoms with van der Waals surface area (Å²) in [6.45, 7) is 4.55. The van der Waals surface area contributed by atoms with Gasteiger partial charge in [-0.3, -0.25) is 0 Å². The van der Waals surface area contributed by atoms with E-state index in [0.29, 0.717) is 0 Å². The Morgan fingerprint density at radius 1 is 1.09 bits per heavy atom. The van der Waals surface area contributed by atoms with Crippen LogP contribution in [-0.4, -0.2) is 0 Å². The third-order valence-corrected chi connectivity index (χ3v) is 2.79. The van der Waals surface area contributed by atoms with Crippen LogP contribution in [0.25, 0.3) is 0 Å². The van der Waals surface area contributed by atoms with Gasteiger partial charge in [-0.1, -0.05) is 58.8 Å². The lowest BCUT2D eigenvalue weighted by molar-refractivity contribution is 0.294. The lowest BCUT2D eigenvalue weighted by Gasteiger charge is -2.24. The van der Waals surface area contributed by atoms with Gasteiger partial charge in [-0.25, -0.2) is 0 Å². The average Bonchev–Trinajstić information content (AvgIpc) is 2.64. The van der Waals surface area contributed by atoms with Crippen molar-refractivity contribution in [3.8, 4) is 0 Å². The van der Waals surface area contributed by atoms with Gasteiger partial charge >= 0.3 is 0 Å². The molecule has 2 saturated carbocycles. The summed E-state index contributed by atoms with van der Waals surface area (Å²) in [5, 5.41) is 0. The predicted octanol–water partition coefficient (Wildman–Crippen LogP) is 4.00. The zero-order valence-corrected chi connectivity index (χ0v) is 8.10. The second kappa shape index (κ2) is 4.79. The standard InChI is InChI=1S/C7H14.C4H8/c1-2-4-7-5-3-6-7;1-4-2-3-4/h7H,2-6H2,1H3;4H,2-3H2,1H3. The molecule has 11 heavy (non-hydrogen) atoms. The van der Waals surface area contributed by atoms with Crippen LogP contribution >= 0.6 is 0 Å². The summed E-state index contributed by atoms with van der Waals surface area (Å²) < 4.78 is 0. The molecule has 0 saturated heterocycles. The van der Waals surface area contributed by atoms with Crippen molar-refractivity contribution in [3.63, 3.8) is 0 Å². The summed E-state index contributed by atoms with van der Waals surface area (Å²) in [5.41, 5.74) is 0. The Balaban J connectivity index is 0.000000128. The molecule has 0 heterocycles. The fraction of sp³-hybridized carbons (Fsp3) is 1.00. The first-order chi connectivity index (χ1) is 5.33. The van der Waals surface area contributed by atoms with Gasteiger partial charge < -0.3 is 0 Å². The Labute approximate surface area is 71.4 Å². The minimum absolute atomic E-state index is 1.08. The molecule has 2 aliphatic carbocycles. The van der Waals surface area contributed by atoms with Gasteiger partial charge in [0, 0.05) is 0 Å². The smallest absolute Gasteiger partial charge is 0.0414 e. The third kappa shape index (κ3) is 4.44. The Morgan fingerprint density at radius 2 is 1.64 bits per heavy atom. The van der Waals surface area contributed by atoms with E-state index in [4.69, 9.17) is 0 Å². The second-order valence-corrected chi connectivity index (χ2v) is 4.27. The molecule has 0 nitrogen and oxygen atoms in total. The molecule has 0 unspecified atom stereocenters. The van der Waals surface area contributed by atoms with Crippen LogP contribution in [0.5, 0.6) is 0 Å². The van der Waals surface area contributed by atoms with Gasteiger partial charge in [0.05, 0.1) is 0 Å². The van der Waals surface area contributed by atoms with E-state index >= 15 is 0 Å². The van der Waals surface area contributed by atoms with Crippen molar-refractivity contribution >= 4 is 0 Å². The number of hydrogen-bond acceptors (Lipinski definition) is 0. The minimum atomic E-state index is 1.08. The highest BCUT2D eigenvalue weighted by Crippen LogP contribution is 2.29. The first-order valence-electron chi connectivity index (χ1n) is 5.33. The molecule has 0 aromatic rings. The molecule has 2 rings (SSSR count). The molecule has 0 radical (unpaired) electrons. The highest BCUT2D eigenvalue weighted by Gasteiger charge is 2.14. The molecule has 0 aromatic carbocycles. The maximum atomic E-state index is 2.28. The first-order valence-corrected chi connectivity index (χ1v) is 5.33. The minimum Gasteiger partial charge on any atom is -0.0654 e. The lowest BCUT2D eigenvalue weighted by atomic mass is 9.82. The Bertz CT molecular complexity index is 88.2. The molecule has 2 aliphatic rings. The number of hydrogen-bond donors (Lipinski definition) is 0. The van der Waals surface area contributed by atoms with Gasteiger partial charge in [0.2, 0.25) is 0 Å². The molecule has 0 aliphatic heterocycles. The van der Waals surface area contributed by atoms with Gasteiger partial charge in [0.15, 0.2) is 0 Å². The van der Waals surface area contributed by atoms with Crippen molar-refractivity contribution in [1.29, 1.82) is 0 Å². The van der Waals surface area contributed by atoms with Crippen molar-refractivity contribution < 1.29 is 0 Å². The zero-order chi connectivity index (χ0) is 8.10.